The number of anilines is 2. The van der Waals surface area contributed by atoms with Crippen LogP contribution in [0.1, 0.15) is 12.1 Å². The third-order valence-electron chi connectivity index (χ3n) is 4.30. The molecule has 2 aromatic rings. The first-order valence-corrected chi connectivity index (χ1v) is 10.3. The lowest BCUT2D eigenvalue weighted by Crippen LogP contribution is -2.44. The summed E-state index contributed by atoms with van der Waals surface area (Å²) in [5.41, 5.74) is 2.28. The Hall–Kier alpha value is -1.07. The van der Waals surface area contributed by atoms with Gasteiger partial charge in [-0.2, -0.15) is 0 Å². The Morgan fingerprint density at radius 3 is 2.85 bits per heavy atom. The van der Waals surface area contributed by atoms with Crippen molar-refractivity contribution in [1.29, 1.82) is 0 Å². The summed E-state index contributed by atoms with van der Waals surface area (Å²) in [6, 6.07) is 8.75. The lowest BCUT2D eigenvalue weighted by Gasteiger charge is -2.21. The number of rotatable bonds is 5. The molecule has 1 aromatic carbocycles. The minimum atomic E-state index is 0. The average molecular weight is 565 g/mol. The van der Waals surface area contributed by atoms with Crippen LogP contribution in [-0.2, 0) is 6.54 Å². The maximum Gasteiger partial charge on any atom is 0.191 e. The number of halogens is 2. The molecule has 3 rings (SSSR count). The molecule has 0 saturated carbocycles. The number of guanidine groups is 1. The fourth-order valence-corrected chi connectivity index (χ4v) is 4.24. The molecule has 0 radical (unpaired) electrons. The van der Waals surface area contributed by atoms with E-state index in [1.807, 2.05) is 32.1 Å². The van der Waals surface area contributed by atoms with Crippen LogP contribution in [0.5, 0.6) is 0 Å². The SMILES string of the molecule is CN=C(NCc1csc(N(C)C)n1)NC1CCN(c2ccccc2Br)C1.I. The minimum absolute atomic E-state index is 0. The van der Waals surface area contributed by atoms with E-state index < -0.39 is 0 Å². The highest BCUT2D eigenvalue weighted by atomic mass is 127. The van der Waals surface area contributed by atoms with Crippen LogP contribution in [-0.4, -0.2) is 51.2 Å². The van der Waals surface area contributed by atoms with Gasteiger partial charge in [-0.3, -0.25) is 4.99 Å². The van der Waals surface area contributed by atoms with Crippen LogP contribution in [0, 0.1) is 0 Å². The summed E-state index contributed by atoms with van der Waals surface area (Å²) in [5.74, 6) is 0.823. The molecule has 1 fully saturated rings. The summed E-state index contributed by atoms with van der Waals surface area (Å²) in [4.78, 5) is 13.4. The van der Waals surface area contributed by atoms with Gasteiger partial charge < -0.3 is 20.4 Å². The monoisotopic (exact) mass is 564 g/mol. The largest absolute Gasteiger partial charge is 0.368 e. The first kappa shape index (κ1) is 22.2. The Kier molecular flexibility index (Phi) is 8.62. The van der Waals surface area contributed by atoms with E-state index in [1.165, 1.54) is 5.69 Å². The van der Waals surface area contributed by atoms with E-state index in [0.717, 1.165) is 40.8 Å². The van der Waals surface area contributed by atoms with Gasteiger partial charge in [-0.05, 0) is 34.5 Å². The molecule has 0 aliphatic carbocycles. The highest BCUT2D eigenvalue weighted by molar-refractivity contribution is 14.0. The van der Waals surface area contributed by atoms with Gasteiger partial charge >= 0.3 is 0 Å². The second-order valence-electron chi connectivity index (χ2n) is 6.47. The number of nitrogens with zero attached hydrogens (tertiary/aromatic N) is 4. The van der Waals surface area contributed by atoms with Gasteiger partial charge in [-0.15, -0.1) is 35.3 Å². The zero-order valence-corrected chi connectivity index (χ0v) is 20.5. The van der Waals surface area contributed by atoms with Crippen molar-refractivity contribution in [2.45, 2.75) is 19.0 Å². The molecular weight excluding hydrogens is 539 g/mol. The summed E-state index contributed by atoms with van der Waals surface area (Å²) in [7, 11) is 5.82. The summed E-state index contributed by atoms with van der Waals surface area (Å²) in [5, 5.41) is 10.0. The molecule has 1 atom stereocenters. The van der Waals surface area contributed by atoms with Crippen molar-refractivity contribution in [1.82, 2.24) is 15.6 Å². The van der Waals surface area contributed by atoms with Crippen LogP contribution in [0.4, 0.5) is 10.8 Å². The van der Waals surface area contributed by atoms with Crippen molar-refractivity contribution in [3.63, 3.8) is 0 Å². The van der Waals surface area contributed by atoms with Gasteiger partial charge in [0.05, 0.1) is 17.9 Å². The molecule has 1 saturated heterocycles. The third kappa shape index (κ3) is 5.95. The van der Waals surface area contributed by atoms with E-state index >= 15 is 0 Å². The van der Waals surface area contributed by atoms with Gasteiger partial charge in [0, 0.05) is 50.1 Å². The highest BCUT2D eigenvalue weighted by Gasteiger charge is 2.24. The number of aliphatic imine (C=N–C) groups is 1. The van der Waals surface area contributed by atoms with Crippen molar-refractivity contribution < 1.29 is 0 Å². The zero-order chi connectivity index (χ0) is 18.5. The molecule has 9 heteroatoms. The van der Waals surface area contributed by atoms with Gasteiger partial charge in [0.2, 0.25) is 0 Å². The average Bonchev–Trinajstić information content (AvgIpc) is 3.28. The number of nitrogens with one attached hydrogen (secondary N) is 2. The first-order chi connectivity index (χ1) is 12.6. The Labute approximate surface area is 190 Å². The quantitative estimate of drug-likeness (QED) is 0.330. The molecule has 2 N–H and O–H groups in total. The van der Waals surface area contributed by atoms with Crippen LogP contribution >= 0.6 is 51.2 Å². The van der Waals surface area contributed by atoms with E-state index in [9.17, 15) is 0 Å². The van der Waals surface area contributed by atoms with Crippen LogP contribution in [0.25, 0.3) is 0 Å². The zero-order valence-electron chi connectivity index (χ0n) is 15.8. The Balaban J connectivity index is 0.00000261. The van der Waals surface area contributed by atoms with Crippen molar-refractivity contribution in [3.8, 4) is 0 Å². The van der Waals surface area contributed by atoms with E-state index in [4.69, 9.17) is 0 Å². The molecule has 0 amide bonds. The normalized spacial score (nSPS) is 16.8. The van der Waals surface area contributed by atoms with Crippen molar-refractivity contribution >= 4 is 68.0 Å². The number of benzene rings is 1. The number of hydrogen-bond donors (Lipinski definition) is 2. The van der Waals surface area contributed by atoms with Crippen LogP contribution in [0.2, 0.25) is 0 Å². The molecule has 1 aliphatic heterocycles. The summed E-state index contributed by atoms with van der Waals surface area (Å²) in [6.45, 7) is 2.67. The molecule has 148 valence electrons. The topological polar surface area (TPSA) is 55.8 Å². The Bertz CT molecular complexity index is 766. The van der Waals surface area contributed by atoms with E-state index in [1.54, 1.807) is 11.3 Å². The third-order valence-corrected chi connectivity index (χ3v) is 6.03. The second-order valence-corrected chi connectivity index (χ2v) is 8.16. The lowest BCUT2D eigenvalue weighted by atomic mass is 10.3. The maximum absolute atomic E-state index is 4.59. The highest BCUT2D eigenvalue weighted by Crippen LogP contribution is 2.28. The molecule has 6 nitrogen and oxygen atoms in total. The summed E-state index contributed by atoms with van der Waals surface area (Å²) in [6.07, 6.45) is 1.09. The summed E-state index contributed by atoms with van der Waals surface area (Å²) < 4.78 is 1.14. The van der Waals surface area contributed by atoms with Crippen LogP contribution in [0.3, 0.4) is 0 Å². The van der Waals surface area contributed by atoms with Gasteiger partial charge in [-0.1, -0.05) is 12.1 Å². The molecule has 1 aromatic heterocycles. The first-order valence-electron chi connectivity index (χ1n) is 8.65. The second kappa shape index (κ2) is 10.5. The Morgan fingerprint density at radius 1 is 1.41 bits per heavy atom. The minimum Gasteiger partial charge on any atom is -0.368 e. The van der Waals surface area contributed by atoms with Gasteiger partial charge in [0.25, 0.3) is 0 Å². The van der Waals surface area contributed by atoms with Crippen molar-refractivity contribution in [2.24, 2.45) is 4.99 Å². The molecule has 0 spiro atoms. The molecule has 1 aliphatic rings. The fourth-order valence-electron chi connectivity index (χ4n) is 2.95. The number of aromatic nitrogens is 1. The van der Waals surface area contributed by atoms with Crippen molar-refractivity contribution in [2.75, 3.05) is 44.0 Å². The molecule has 0 bridgehead atoms. The van der Waals surface area contributed by atoms with Crippen LogP contribution < -0.4 is 20.4 Å². The predicted octanol–water partition coefficient (Wildman–Crippen LogP) is 3.53. The molecule has 27 heavy (non-hydrogen) atoms. The van der Waals surface area contributed by atoms with Gasteiger partial charge in [0.15, 0.2) is 11.1 Å². The number of hydrogen-bond acceptors (Lipinski definition) is 5. The van der Waals surface area contributed by atoms with E-state index in [0.29, 0.717) is 12.6 Å². The Morgan fingerprint density at radius 2 is 2.19 bits per heavy atom. The van der Waals surface area contributed by atoms with Gasteiger partial charge in [-0.25, -0.2) is 4.98 Å². The summed E-state index contributed by atoms with van der Waals surface area (Å²) >= 11 is 5.30. The molecule has 1 unspecified atom stereocenters. The number of thiazole rings is 1. The van der Waals surface area contributed by atoms with Gasteiger partial charge in [0.1, 0.15) is 0 Å². The maximum atomic E-state index is 4.59. The van der Waals surface area contributed by atoms with Crippen molar-refractivity contribution in [3.05, 3.63) is 39.8 Å². The van der Waals surface area contributed by atoms with Crippen LogP contribution in [0.15, 0.2) is 39.1 Å². The standard InChI is InChI=1S/C18H25BrN6S.HI/c1-20-17(21-10-14-12-26-18(23-14)24(2)3)22-13-8-9-25(11-13)16-7-5-4-6-15(16)19;/h4-7,12-13H,8-11H2,1-3H3,(H2,20,21,22);1H. The predicted molar refractivity (Wildman–Crippen MR) is 130 cm³/mol. The number of para-hydroxylation sites is 1. The molecular formula is C18H26BrIN6S. The lowest BCUT2D eigenvalue weighted by molar-refractivity contribution is 0.647. The molecule has 2 heterocycles. The smallest absolute Gasteiger partial charge is 0.191 e. The van der Waals surface area contributed by atoms with E-state index in [2.05, 4.69) is 65.0 Å². The van der Waals surface area contributed by atoms with E-state index in [-0.39, 0.29) is 24.0 Å². The fraction of sp³-hybridized carbons (Fsp3) is 0.444.